The average molecular weight is 507 g/mol. The van der Waals surface area contributed by atoms with Gasteiger partial charge in [-0.3, -0.25) is 4.72 Å². The van der Waals surface area contributed by atoms with Crippen molar-refractivity contribution in [2.75, 3.05) is 43.4 Å². The van der Waals surface area contributed by atoms with Gasteiger partial charge >= 0.3 is 0 Å². The second-order valence-electron chi connectivity index (χ2n) is 8.35. The van der Waals surface area contributed by atoms with Crippen molar-refractivity contribution in [3.05, 3.63) is 46.9 Å². The Bertz CT molecular complexity index is 1140. The largest absolute Gasteiger partial charge is 0.375 e. The Morgan fingerprint density at radius 1 is 1.33 bits per heavy atom. The molecule has 2 heterocycles. The number of halogens is 4. The van der Waals surface area contributed by atoms with E-state index in [2.05, 4.69) is 9.88 Å². The van der Waals surface area contributed by atoms with E-state index >= 15 is 4.39 Å². The van der Waals surface area contributed by atoms with E-state index in [9.17, 15) is 17.2 Å². The number of pyridine rings is 1. The molecule has 0 bridgehead atoms. The minimum absolute atomic E-state index is 0.0284. The summed E-state index contributed by atoms with van der Waals surface area (Å²) in [4.78, 5) is 5.86. The Labute approximate surface area is 196 Å². The summed E-state index contributed by atoms with van der Waals surface area (Å²) in [7, 11) is -1.23. The van der Waals surface area contributed by atoms with Crippen LogP contribution in [0.3, 0.4) is 0 Å². The van der Waals surface area contributed by atoms with Gasteiger partial charge in [0.05, 0.1) is 11.3 Å². The molecule has 2 aromatic rings. The first kappa shape index (κ1) is 25.5. The monoisotopic (exact) mass is 506 g/mol. The van der Waals surface area contributed by atoms with Gasteiger partial charge in [0.15, 0.2) is 10.7 Å². The number of anilines is 2. The zero-order valence-corrected chi connectivity index (χ0v) is 20.3. The first-order valence-electron chi connectivity index (χ1n) is 10.2. The number of ether oxygens (including phenoxy) is 1. The number of benzene rings is 1. The van der Waals surface area contributed by atoms with Gasteiger partial charge in [-0.2, -0.15) is 4.39 Å². The molecule has 0 amide bonds. The third kappa shape index (κ3) is 5.37. The van der Waals surface area contributed by atoms with Crippen LogP contribution in [-0.2, 0) is 14.8 Å². The third-order valence-electron chi connectivity index (χ3n) is 5.83. The Morgan fingerprint density at radius 2 is 2.03 bits per heavy atom. The van der Waals surface area contributed by atoms with Crippen molar-refractivity contribution in [1.29, 1.82) is 0 Å². The van der Waals surface area contributed by atoms with Crippen molar-refractivity contribution in [2.24, 2.45) is 0 Å². The molecule has 1 aliphatic heterocycles. The maximum absolute atomic E-state index is 15.1. The van der Waals surface area contributed by atoms with Crippen LogP contribution in [0.15, 0.2) is 29.2 Å². The van der Waals surface area contributed by atoms with E-state index in [4.69, 9.17) is 16.3 Å². The number of hydrogen-bond acceptors (Lipinski definition) is 6. The zero-order valence-electron chi connectivity index (χ0n) is 18.7. The highest BCUT2D eigenvalue weighted by atomic mass is 35.5. The van der Waals surface area contributed by atoms with Gasteiger partial charge in [0.1, 0.15) is 16.7 Å². The molecular formula is C21H26ClF3N4O3S. The van der Waals surface area contributed by atoms with E-state index in [1.54, 1.807) is 12.0 Å². The van der Waals surface area contributed by atoms with Crippen LogP contribution in [0.4, 0.5) is 24.7 Å². The first-order chi connectivity index (χ1) is 15.4. The number of rotatable bonds is 8. The van der Waals surface area contributed by atoms with Crippen LogP contribution in [0, 0.1) is 17.6 Å². The molecule has 7 nitrogen and oxygen atoms in total. The summed E-state index contributed by atoms with van der Waals surface area (Å²) in [5, 5.41) is -0.534. The van der Waals surface area contributed by atoms with Crippen molar-refractivity contribution < 1.29 is 26.3 Å². The molecule has 1 aromatic heterocycles. The fourth-order valence-electron chi connectivity index (χ4n) is 3.74. The van der Waals surface area contributed by atoms with Crippen molar-refractivity contribution in [3.8, 4) is 0 Å². The summed E-state index contributed by atoms with van der Waals surface area (Å²) in [5.74, 6) is -4.15. The van der Waals surface area contributed by atoms with Crippen LogP contribution in [0.5, 0.6) is 0 Å². The van der Waals surface area contributed by atoms with E-state index in [1.165, 1.54) is 6.07 Å². The number of aromatic nitrogens is 1. The fraction of sp³-hybridized carbons (Fsp3) is 0.476. The van der Waals surface area contributed by atoms with Gasteiger partial charge in [-0.25, -0.2) is 22.2 Å². The van der Waals surface area contributed by atoms with Crippen LogP contribution in [0.1, 0.15) is 20.3 Å². The number of hydrogen-bond donors (Lipinski definition) is 1. The molecule has 0 radical (unpaired) electrons. The molecule has 33 heavy (non-hydrogen) atoms. The number of methoxy groups -OCH3 is 1. The van der Waals surface area contributed by atoms with Gasteiger partial charge in [0.2, 0.25) is 5.95 Å². The van der Waals surface area contributed by atoms with Crippen LogP contribution >= 0.6 is 11.6 Å². The van der Waals surface area contributed by atoms with Crippen molar-refractivity contribution >= 4 is 33.1 Å². The molecule has 1 atom stereocenters. The molecule has 1 saturated heterocycles. The minimum atomic E-state index is -4.77. The predicted octanol–water partition coefficient (Wildman–Crippen LogP) is 3.89. The standard InChI is InChI=1S/C21H26ClF3N4O3S/c1-13(2)28(3)11-21(32-4)8-9-29(12-21)15-10-14(23)20(19(25)18(15)22)33(30,31)27-17-7-5-6-16(24)26-17/h5-7,10,13H,8-9,11-12H2,1-4H3,(H,26,27)/t21-/m0/s1. The summed E-state index contributed by atoms with van der Waals surface area (Å²) < 4.78 is 76.2. The van der Waals surface area contributed by atoms with E-state index in [0.29, 0.717) is 26.1 Å². The molecular weight excluding hydrogens is 481 g/mol. The molecule has 1 N–H and O–H groups in total. The number of sulfonamides is 1. The van der Waals surface area contributed by atoms with Crippen molar-refractivity contribution in [3.63, 3.8) is 0 Å². The summed E-state index contributed by atoms with van der Waals surface area (Å²) in [6.07, 6.45) is 0.590. The van der Waals surface area contributed by atoms with Gasteiger partial charge < -0.3 is 14.5 Å². The highest BCUT2D eigenvalue weighted by Crippen LogP contribution is 2.39. The number of likely N-dealkylation sites (N-methyl/N-ethyl adjacent to an activating group) is 1. The van der Waals surface area contributed by atoms with Gasteiger partial charge in [0, 0.05) is 38.9 Å². The lowest BCUT2D eigenvalue weighted by Gasteiger charge is -2.34. The molecule has 0 aliphatic carbocycles. The highest BCUT2D eigenvalue weighted by molar-refractivity contribution is 7.92. The van der Waals surface area contributed by atoms with Crippen LogP contribution in [0.2, 0.25) is 5.02 Å². The highest BCUT2D eigenvalue weighted by Gasteiger charge is 2.41. The Hall–Kier alpha value is -2.08. The van der Waals surface area contributed by atoms with Crippen molar-refractivity contribution in [1.82, 2.24) is 9.88 Å². The smallest absolute Gasteiger partial charge is 0.268 e. The van der Waals surface area contributed by atoms with Gasteiger partial charge in [-0.1, -0.05) is 17.7 Å². The Kier molecular flexibility index (Phi) is 7.47. The molecule has 1 fully saturated rings. The lowest BCUT2D eigenvalue weighted by molar-refractivity contribution is -0.0200. The maximum atomic E-state index is 15.1. The topological polar surface area (TPSA) is 74.8 Å². The lowest BCUT2D eigenvalue weighted by Crippen LogP contribution is -2.47. The Balaban J connectivity index is 1.91. The second-order valence-corrected chi connectivity index (χ2v) is 10.4. The second kappa shape index (κ2) is 9.65. The average Bonchev–Trinajstić information content (AvgIpc) is 3.14. The van der Waals surface area contributed by atoms with E-state index < -0.39 is 48.9 Å². The van der Waals surface area contributed by atoms with Crippen LogP contribution in [-0.4, -0.2) is 63.7 Å². The quantitative estimate of drug-likeness (QED) is 0.432. The van der Waals surface area contributed by atoms with E-state index in [1.807, 2.05) is 25.6 Å². The fourth-order valence-corrected chi connectivity index (χ4v) is 5.21. The summed E-state index contributed by atoms with van der Waals surface area (Å²) in [5.41, 5.74) is -0.550. The van der Waals surface area contributed by atoms with Crippen molar-refractivity contribution in [2.45, 2.75) is 36.8 Å². The van der Waals surface area contributed by atoms with E-state index in [0.717, 1.165) is 18.2 Å². The first-order valence-corrected chi connectivity index (χ1v) is 12.1. The normalized spacial score (nSPS) is 19.0. The summed E-state index contributed by atoms with van der Waals surface area (Å²) >= 11 is 6.17. The number of nitrogens with one attached hydrogen (secondary N) is 1. The summed E-state index contributed by atoms with van der Waals surface area (Å²) in [6.45, 7) is 5.42. The van der Waals surface area contributed by atoms with Crippen LogP contribution < -0.4 is 9.62 Å². The predicted molar refractivity (Wildman–Crippen MR) is 121 cm³/mol. The maximum Gasteiger partial charge on any atom is 0.268 e. The molecule has 12 heteroatoms. The minimum Gasteiger partial charge on any atom is -0.375 e. The molecule has 3 rings (SSSR count). The molecule has 1 aliphatic rings. The zero-order chi connectivity index (χ0) is 24.6. The van der Waals surface area contributed by atoms with E-state index in [-0.39, 0.29) is 11.7 Å². The SMILES string of the molecule is CO[C@]1(CN(C)C(C)C)CCN(c2cc(F)c(S(=O)(=O)Nc3cccc(F)n3)c(F)c2Cl)C1. The third-order valence-corrected chi connectivity index (χ3v) is 7.58. The molecule has 182 valence electrons. The van der Waals surface area contributed by atoms with Gasteiger partial charge in [-0.15, -0.1) is 0 Å². The molecule has 0 spiro atoms. The molecule has 1 aromatic carbocycles. The Morgan fingerprint density at radius 3 is 2.64 bits per heavy atom. The number of nitrogens with zero attached hydrogens (tertiary/aromatic N) is 3. The van der Waals surface area contributed by atoms with Gasteiger partial charge in [0.25, 0.3) is 10.0 Å². The molecule has 0 saturated carbocycles. The lowest BCUT2D eigenvalue weighted by atomic mass is 10.0. The summed E-state index contributed by atoms with van der Waals surface area (Å²) in [6, 6.07) is 4.51. The molecule has 0 unspecified atom stereocenters. The van der Waals surface area contributed by atoms with Crippen LogP contribution in [0.25, 0.3) is 0 Å². The van der Waals surface area contributed by atoms with Gasteiger partial charge in [-0.05, 0) is 39.4 Å².